The van der Waals surface area contributed by atoms with E-state index in [0.29, 0.717) is 0 Å². The second kappa shape index (κ2) is 9.93. The molecular formula is C44H28. The molecule has 0 unspecified atom stereocenters. The maximum Gasteiger partial charge on any atom is -0.00261 e. The molecule has 204 valence electrons. The molecule has 0 spiro atoms. The lowest BCUT2D eigenvalue weighted by Crippen LogP contribution is -1.92. The van der Waals surface area contributed by atoms with Gasteiger partial charge in [-0.05, 0) is 105 Å². The zero-order chi connectivity index (χ0) is 29.0. The zero-order valence-corrected chi connectivity index (χ0v) is 24.2. The van der Waals surface area contributed by atoms with Gasteiger partial charge in [-0.1, -0.05) is 152 Å². The van der Waals surface area contributed by atoms with Crippen molar-refractivity contribution in [1.82, 2.24) is 0 Å². The van der Waals surface area contributed by atoms with Gasteiger partial charge in [-0.15, -0.1) is 0 Å². The van der Waals surface area contributed by atoms with Crippen LogP contribution >= 0.6 is 0 Å². The standard InChI is InChI=1S/C44H28/c1-2-13-30(14-3-1)41-27-32-16-6-7-17-35(32)36-25-24-34(28-42(36)41)44-39-20-10-8-18-37(39)43(38-19-9-11-21-40(38)44)33-23-22-29-12-4-5-15-31(29)26-33/h1-28H. The van der Waals surface area contributed by atoms with Crippen LogP contribution < -0.4 is 0 Å². The zero-order valence-electron chi connectivity index (χ0n) is 24.2. The molecule has 0 fully saturated rings. The van der Waals surface area contributed by atoms with Crippen LogP contribution in [0.1, 0.15) is 0 Å². The molecule has 0 aliphatic rings. The van der Waals surface area contributed by atoms with Gasteiger partial charge in [0, 0.05) is 0 Å². The van der Waals surface area contributed by atoms with Crippen LogP contribution in [0.5, 0.6) is 0 Å². The molecule has 44 heavy (non-hydrogen) atoms. The fourth-order valence-electron chi connectivity index (χ4n) is 7.21. The van der Waals surface area contributed by atoms with E-state index in [-0.39, 0.29) is 0 Å². The molecule has 0 radical (unpaired) electrons. The highest BCUT2D eigenvalue weighted by Crippen LogP contribution is 2.45. The monoisotopic (exact) mass is 556 g/mol. The molecule has 0 aromatic heterocycles. The third-order valence-electron chi connectivity index (χ3n) is 9.20. The van der Waals surface area contributed by atoms with Gasteiger partial charge in [0.1, 0.15) is 0 Å². The second-order valence-electron chi connectivity index (χ2n) is 11.7. The summed E-state index contributed by atoms with van der Waals surface area (Å²) in [6.07, 6.45) is 0. The summed E-state index contributed by atoms with van der Waals surface area (Å²) in [6, 6.07) is 62.4. The van der Waals surface area contributed by atoms with E-state index in [1.165, 1.54) is 87.2 Å². The highest BCUT2D eigenvalue weighted by atomic mass is 14.2. The van der Waals surface area contributed by atoms with Crippen LogP contribution in [-0.4, -0.2) is 0 Å². The van der Waals surface area contributed by atoms with Crippen molar-refractivity contribution < 1.29 is 0 Å². The van der Waals surface area contributed by atoms with E-state index >= 15 is 0 Å². The smallest absolute Gasteiger partial charge is 0.00261 e. The van der Waals surface area contributed by atoms with Crippen molar-refractivity contribution in [3.8, 4) is 33.4 Å². The van der Waals surface area contributed by atoms with Crippen molar-refractivity contribution in [3.63, 3.8) is 0 Å². The Morgan fingerprint density at radius 1 is 0.227 bits per heavy atom. The molecule has 9 rings (SSSR count). The lowest BCUT2D eigenvalue weighted by atomic mass is 9.84. The number of fused-ring (bicyclic) bond motifs is 6. The van der Waals surface area contributed by atoms with Crippen molar-refractivity contribution in [2.45, 2.75) is 0 Å². The van der Waals surface area contributed by atoms with Crippen molar-refractivity contribution in [2.75, 3.05) is 0 Å². The SMILES string of the molecule is c1ccc(-c2cc3ccccc3c3ccc(-c4c5ccccc5c(-c5ccc6ccccc6c5)c5ccccc45)cc23)cc1. The maximum atomic E-state index is 2.42. The Kier molecular flexibility index (Phi) is 5.61. The van der Waals surface area contributed by atoms with Crippen LogP contribution in [0.4, 0.5) is 0 Å². The van der Waals surface area contributed by atoms with E-state index in [0.717, 1.165) is 0 Å². The molecule has 0 saturated carbocycles. The summed E-state index contributed by atoms with van der Waals surface area (Å²) >= 11 is 0. The molecule has 0 bridgehead atoms. The van der Waals surface area contributed by atoms with E-state index in [9.17, 15) is 0 Å². The van der Waals surface area contributed by atoms with Gasteiger partial charge < -0.3 is 0 Å². The summed E-state index contributed by atoms with van der Waals surface area (Å²) in [5.74, 6) is 0. The summed E-state index contributed by atoms with van der Waals surface area (Å²) in [7, 11) is 0. The predicted octanol–water partition coefficient (Wildman–Crippen LogP) is 12.5. The van der Waals surface area contributed by atoms with Crippen molar-refractivity contribution in [1.29, 1.82) is 0 Å². The second-order valence-corrected chi connectivity index (χ2v) is 11.7. The molecule has 0 aliphatic carbocycles. The minimum absolute atomic E-state index is 1.24. The topological polar surface area (TPSA) is 0 Å². The van der Waals surface area contributed by atoms with Crippen molar-refractivity contribution in [2.24, 2.45) is 0 Å². The highest BCUT2D eigenvalue weighted by Gasteiger charge is 2.18. The minimum Gasteiger partial charge on any atom is -0.0622 e. The van der Waals surface area contributed by atoms with E-state index in [2.05, 4.69) is 170 Å². The van der Waals surface area contributed by atoms with Crippen LogP contribution in [-0.2, 0) is 0 Å². The van der Waals surface area contributed by atoms with Crippen molar-refractivity contribution >= 4 is 53.9 Å². The number of benzene rings is 9. The Labute approximate surface area is 256 Å². The molecule has 0 amide bonds. The number of hydrogen-bond donors (Lipinski definition) is 0. The van der Waals surface area contributed by atoms with Crippen LogP contribution in [0.25, 0.3) is 87.2 Å². The van der Waals surface area contributed by atoms with Gasteiger partial charge in [0.2, 0.25) is 0 Å². The molecule has 9 aromatic rings. The molecule has 0 heterocycles. The van der Waals surface area contributed by atoms with E-state index in [1.807, 2.05) is 0 Å². The van der Waals surface area contributed by atoms with Gasteiger partial charge in [-0.25, -0.2) is 0 Å². The lowest BCUT2D eigenvalue weighted by molar-refractivity contribution is 1.66. The molecule has 0 atom stereocenters. The van der Waals surface area contributed by atoms with E-state index < -0.39 is 0 Å². The Bertz CT molecular complexity index is 2480. The maximum absolute atomic E-state index is 2.42. The Balaban J connectivity index is 1.38. The van der Waals surface area contributed by atoms with Gasteiger partial charge in [0.15, 0.2) is 0 Å². The Morgan fingerprint density at radius 3 is 1.39 bits per heavy atom. The summed E-state index contributed by atoms with van der Waals surface area (Å²) in [4.78, 5) is 0. The fourth-order valence-corrected chi connectivity index (χ4v) is 7.21. The summed E-state index contributed by atoms with van der Waals surface area (Å²) < 4.78 is 0. The highest BCUT2D eigenvalue weighted by molar-refractivity contribution is 6.23. The van der Waals surface area contributed by atoms with Crippen LogP contribution in [0.2, 0.25) is 0 Å². The molecule has 0 N–H and O–H groups in total. The average molecular weight is 557 g/mol. The van der Waals surface area contributed by atoms with Crippen LogP contribution in [0.3, 0.4) is 0 Å². The summed E-state index contributed by atoms with van der Waals surface area (Å²) in [6.45, 7) is 0. The molecule has 9 aromatic carbocycles. The molecular weight excluding hydrogens is 528 g/mol. The fraction of sp³-hybridized carbons (Fsp3) is 0. The van der Waals surface area contributed by atoms with Gasteiger partial charge in [0.05, 0.1) is 0 Å². The first kappa shape index (κ1) is 24.8. The van der Waals surface area contributed by atoms with Crippen LogP contribution in [0.15, 0.2) is 170 Å². The van der Waals surface area contributed by atoms with Gasteiger partial charge in [-0.3, -0.25) is 0 Å². The number of rotatable bonds is 3. The summed E-state index contributed by atoms with van der Waals surface area (Å²) in [5.41, 5.74) is 7.57. The third-order valence-corrected chi connectivity index (χ3v) is 9.20. The van der Waals surface area contributed by atoms with E-state index in [4.69, 9.17) is 0 Å². The quantitative estimate of drug-likeness (QED) is 0.150. The van der Waals surface area contributed by atoms with Gasteiger partial charge in [-0.2, -0.15) is 0 Å². The first-order chi connectivity index (χ1) is 21.8. The largest absolute Gasteiger partial charge is 0.0622 e. The minimum atomic E-state index is 1.24. The molecule has 0 heteroatoms. The normalized spacial score (nSPS) is 11.6. The van der Waals surface area contributed by atoms with Crippen LogP contribution in [0, 0.1) is 0 Å². The third kappa shape index (κ3) is 3.85. The van der Waals surface area contributed by atoms with E-state index in [1.54, 1.807) is 0 Å². The predicted molar refractivity (Wildman–Crippen MR) is 190 cm³/mol. The van der Waals surface area contributed by atoms with Gasteiger partial charge >= 0.3 is 0 Å². The summed E-state index contributed by atoms with van der Waals surface area (Å²) in [5, 5.41) is 12.7. The molecule has 0 saturated heterocycles. The molecule has 0 aliphatic heterocycles. The Hall–Kier alpha value is -5.72. The van der Waals surface area contributed by atoms with Crippen molar-refractivity contribution in [3.05, 3.63) is 170 Å². The molecule has 0 nitrogen and oxygen atoms in total. The lowest BCUT2D eigenvalue weighted by Gasteiger charge is -2.19. The van der Waals surface area contributed by atoms with Gasteiger partial charge in [0.25, 0.3) is 0 Å². The Morgan fingerprint density at radius 2 is 0.727 bits per heavy atom. The first-order valence-electron chi connectivity index (χ1n) is 15.3. The number of hydrogen-bond acceptors (Lipinski definition) is 0. The first-order valence-corrected chi connectivity index (χ1v) is 15.3. The average Bonchev–Trinajstić information content (AvgIpc) is 3.10.